The molecule has 0 atom stereocenters. The topological polar surface area (TPSA) is 132 Å². The average molecular weight is 459 g/mol. The molecule has 1 aliphatic rings. The highest BCUT2D eigenvalue weighted by atomic mass is 16.5. The number of hydrogen-bond acceptors (Lipinski definition) is 6. The maximum atomic E-state index is 11.7. The molecule has 0 radical (unpaired) electrons. The highest BCUT2D eigenvalue weighted by Crippen LogP contribution is 2.31. The standard InChI is InChI=1S/C13H11NO4.C12H10N2O2/c1-14-10-8-9(3-5-13(16)17)2-4-11(10)18-7-6-12(14)15;13-12(15)11-8-10(6-7-14-11)16-9-4-2-1-3-5-9/h2,4,8H,6-7H2,1H3,(H,16,17);1-8H,(H2,13,15). The SMILES string of the molecule is CN1C(=O)CCOc2ccc(C#CC(=O)O)cc21.NC(=O)c1cc(Oc2ccccc2)ccn1. The van der Waals surface area contributed by atoms with Crippen LogP contribution in [0, 0.1) is 11.8 Å². The number of carboxylic acids is 1. The number of primary amides is 1. The van der Waals surface area contributed by atoms with E-state index in [2.05, 4.69) is 10.9 Å². The van der Waals surface area contributed by atoms with Crippen LogP contribution in [0.25, 0.3) is 0 Å². The van der Waals surface area contributed by atoms with Gasteiger partial charge in [-0.05, 0) is 36.4 Å². The van der Waals surface area contributed by atoms with Gasteiger partial charge in [-0.2, -0.15) is 0 Å². The lowest BCUT2D eigenvalue weighted by Crippen LogP contribution is -2.25. The fourth-order valence-electron chi connectivity index (χ4n) is 2.89. The molecule has 3 N–H and O–H groups in total. The molecule has 34 heavy (non-hydrogen) atoms. The zero-order valence-electron chi connectivity index (χ0n) is 18.2. The quantitative estimate of drug-likeness (QED) is 0.576. The third-order valence-electron chi connectivity index (χ3n) is 4.54. The van der Waals surface area contributed by atoms with Crippen LogP contribution in [-0.4, -0.2) is 41.5 Å². The number of nitrogens with two attached hydrogens (primary N) is 1. The second-order valence-corrected chi connectivity index (χ2v) is 6.95. The fraction of sp³-hybridized carbons (Fsp3) is 0.120. The van der Waals surface area contributed by atoms with Crippen molar-refractivity contribution in [2.75, 3.05) is 18.6 Å². The van der Waals surface area contributed by atoms with Gasteiger partial charge in [0.2, 0.25) is 5.91 Å². The van der Waals surface area contributed by atoms with Gasteiger partial charge in [-0.25, -0.2) is 4.79 Å². The molecule has 3 aromatic rings. The van der Waals surface area contributed by atoms with Gasteiger partial charge in [0.15, 0.2) is 0 Å². The molecule has 0 aliphatic carbocycles. The van der Waals surface area contributed by atoms with Crippen LogP contribution in [0.3, 0.4) is 0 Å². The van der Waals surface area contributed by atoms with Crippen molar-refractivity contribution in [3.8, 4) is 29.1 Å². The number of benzene rings is 2. The summed E-state index contributed by atoms with van der Waals surface area (Å²) < 4.78 is 11.0. The molecule has 0 bridgehead atoms. The summed E-state index contributed by atoms with van der Waals surface area (Å²) in [6, 6.07) is 17.5. The summed E-state index contributed by atoms with van der Waals surface area (Å²) in [7, 11) is 1.66. The molecule has 2 aromatic carbocycles. The number of carbonyl (C=O) groups is 3. The molecule has 1 aromatic heterocycles. The van der Waals surface area contributed by atoms with Crippen LogP contribution < -0.4 is 20.1 Å². The first kappa shape index (κ1) is 23.8. The molecule has 0 unspecified atom stereocenters. The van der Waals surface area contributed by atoms with Crippen LogP contribution in [-0.2, 0) is 9.59 Å². The van der Waals surface area contributed by atoms with E-state index in [0.29, 0.717) is 41.5 Å². The molecule has 0 spiro atoms. The maximum Gasteiger partial charge on any atom is 0.382 e. The normalized spacial score (nSPS) is 11.9. The Bertz CT molecular complexity index is 1260. The number of aromatic nitrogens is 1. The predicted octanol–water partition coefficient (Wildman–Crippen LogP) is 2.84. The number of carboxylic acid groups (broad SMARTS) is 1. The molecule has 0 saturated heterocycles. The average Bonchev–Trinajstić information content (AvgIpc) is 2.97. The van der Waals surface area contributed by atoms with E-state index in [1.54, 1.807) is 31.3 Å². The number of ether oxygens (including phenoxy) is 2. The Hall–Kier alpha value is -4.84. The number of carbonyl (C=O) groups excluding carboxylic acids is 2. The second kappa shape index (κ2) is 11.2. The van der Waals surface area contributed by atoms with E-state index in [1.165, 1.54) is 17.2 Å². The number of pyridine rings is 1. The van der Waals surface area contributed by atoms with Crippen LogP contribution in [0.2, 0.25) is 0 Å². The first-order valence-corrected chi connectivity index (χ1v) is 10.1. The van der Waals surface area contributed by atoms with Crippen molar-refractivity contribution in [2.24, 2.45) is 5.73 Å². The molecule has 4 rings (SSSR count). The summed E-state index contributed by atoms with van der Waals surface area (Å²) in [6.07, 6.45) is 1.81. The molecular formula is C25H21N3O6. The highest BCUT2D eigenvalue weighted by molar-refractivity contribution is 5.95. The zero-order chi connectivity index (χ0) is 24.5. The molecule has 1 aliphatic heterocycles. The minimum atomic E-state index is -1.19. The van der Waals surface area contributed by atoms with Gasteiger partial charge in [-0.15, -0.1) is 0 Å². The van der Waals surface area contributed by atoms with Crippen LogP contribution in [0.4, 0.5) is 5.69 Å². The molecule has 0 saturated carbocycles. The van der Waals surface area contributed by atoms with E-state index in [0.717, 1.165) is 0 Å². The van der Waals surface area contributed by atoms with Crippen molar-refractivity contribution in [1.29, 1.82) is 0 Å². The lowest BCUT2D eigenvalue weighted by atomic mass is 10.1. The Morgan fingerprint density at radius 3 is 2.59 bits per heavy atom. The van der Waals surface area contributed by atoms with Crippen LogP contribution in [0.5, 0.6) is 17.2 Å². The number of nitrogens with zero attached hydrogens (tertiary/aromatic N) is 2. The summed E-state index contributed by atoms with van der Waals surface area (Å²) >= 11 is 0. The maximum absolute atomic E-state index is 11.7. The van der Waals surface area contributed by atoms with Crippen molar-refractivity contribution in [1.82, 2.24) is 4.98 Å². The van der Waals surface area contributed by atoms with Gasteiger partial charge < -0.3 is 25.2 Å². The summed E-state index contributed by atoms with van der Waals surface area (Å²) in [5.41, 5.74) is 6.44. The van der Waals surface area contributed by atoms with E-state index < -0.39 is 11.9 Å². The van der Waals surface area contributed by atoms with Gasteiger partial charge >= 0.3 is 5.97 Å². The number of rotatable bonds is 3. The van der Waals surface area contributed by atoms with Crippen LogP contribution >= 0.6 is 0 Å². The highest BCUT2D eigenvalue weighted by Gasteiger charge is 2.19. The van der Waals surface area contributed by atoms with Crippen molar-refractivity contribution in [3.63, 3.8) is 0 Å². The van der Waals surface area contributed by atoms with Crippen molar-refractivity contribution in [3.05, 3.63) is 78.1 Å². The fourth-order valence-corrected chi connectivity index (χ4v) is 2.89. The van der Waals surface area contributed by atoms with Crippen molar-refractivity contribution >= 4 is 23.5 Å². The largest absolute Gasteiger partial charge is 0.491 e. The third kappa shape index (κ3) is 6.58. The first-order valence-electron chi connectivity index (χ1n) is 10.1. The molecule has 9 heteroatoms. The van der Waals surface area contributed by atoms with E-state index >= 15 is 0 Å². The Balaban J connectivity index is 0.000000192. The molecule has 0 fully saturated rings. The van der Waals surface area contributed by atoms with Crippen molar-refractivity contribution < 1.29 is 29.0 Å². The zero-order valence-corrected chi connectivity index (χ0v) is 18.2. The summed E-state index contributed by atoms with van der Waals surface area (Å²) in [5.74, 6) is 4.57. The molecular weight excluding hydrogens is 438 g/mol. The van der Waals surface area contributed by atoms with Gasteiger partial charge in [0, 0.05) is 30.8 Å². The Kier molecular flexibility index (Phi) is 7.81. The lowest BCUT2D eigenvalue weighted by molar-refractivity contribution is -0.130. The molecule has 172 valence electrons. The lowest BCUT2D eigenvalue weighted by Gasteiger charge is -2.16. The van der Waals surface area contributed by atoms with Crippen LogP contribution in [0.15, 0.2) is 66.9 Å². The summed E-state index contributed by atoms with van der Waals surface area (Å²) in [4.78, 5) is 38.3. The van der Waals surface area contributed by atoms with Gasteiger partial charge in [0.05, 0.1) is 18.7 Å². The van der Waals surface area contributed by atoms with Gasteiger partial charge in [-0.1, -0.05) is 24.1 Å². The Morgan fingerprint density at radius 1 is 1.12 bits per heavy atom. The molecule has 2 amide bonds. The van der Waals surface area contributed by atoms with E-state index in [9.17, 15) is 14.4 Å². The van der Waals surface area contributed by atoms with E-state index in [-0.39, 0.29) is 11.6 Å². The second-order valence-electron chi connectivity index (χ2n) is 6.95. The molecule has 9 nitrogen and oxygen atoms in total. The Labute approximate surface area is 195 Å². The molecule has 2 heterocycles. The number of anilines is 1. The first-order chi connectivity index (χ1) is 16.3. The minimum absolute atomic E-state index is 0.0444. The summed E-state index contributed by atoms with van der Waals surface area (Å²) in [5, 5.41) is 8.49. The summed E-state index contributed by atoms with van der Waals surface area (Å²) in [6.45, 7) is 0.344. The van der Waals surface area contributed by atoms with Crippen molar-refractivity contribution in [2.45, 2.75) is 6.42 Å². The number of hydrogen-bond donors (Lipinski definition) is 2. The van der Waals surface area contributed by atoms with Gasteiger partial charge in [0.25, 0.3) is 5.91 Å². The minimum Gasteiger partial charge on any atom is -0.491 e. The monoisotopic (exact) mass is 459 g/mol. The van der Waals surface area contributed by atoms with E-state index in [4.69, 9.17) is 20.3 Å². The Morgan fingerprint density at radius 2 is 1.88 bits per heavy atom. The number of aliphatic carboxylic acids is 1. The smallest absolute Gasteiger partial charge is 0.382 e. The number of para-hydroxylation sites is 1. The predicted molar refractivity (Wildman–Crippen MR) is 124 cm³/mol. The number of amides is 2. The van der Waals surface area contributed by atoms with Crippen LogP contribution in [0.1, 0.15) is 22.5 Å². The third-order valence-corrected chi connectivity index (χ3v) is 4.54. The van der Waals surface area contributed by atoms with Gasteiger partial charge in [0.1, 0.15) is 22.9 Å². The van der Waals surface area contributed by atoms with E-state index in [1.807, 2.05) is 36.3 Å². The van der Waals surface area contributed by atoms with Gasteiger partial charge in [-0.3, -0.25) is 14.6 Å². The number of fused-ring (bicyclic) bond motifs is 1.